The molecule has 0 amide bonds. The van der Waals surface area contributed by atoms with Gasteiger partial charge in [0.2, 0.25) is 5.76 Å². The first-order valence-electron chi connectivity index (χ1n) is 9.18. The molecule has 11 nitrogen and oxygen atoms in total. The minimum absolute atomic E-state index is 0.0890. The summed E-state index contributed by atoms with van der Waals surface area (Å²) in [4.78, 5) is 38.5. The smallest absolute Gasteiger partial charge is 0.371 e. The van der Waals surface area contributed by atoms with E-state index >= 15 is 0 Å². The summed E-state index contributed by atoms with van der Waals surface area (Å²) in [6.07, 6.45) is 3.38. The highest BCUT2D eigenvalue weighted by atomic mass is 16.4. The molecule has 0 unspecified atom stereocenters. The van der Waals surface area contributed by atoms with E-state index in [0.717, 1.165) is 0 Å². The largest absolute Gasteiger partial charge is 0.480 e. The van der Waals surface area contributed by atoms with Crippen molar-refractivity contribution in [1.29, 1.82) is 0 Å². The van der Waals surface area contributed by atoms with Gasteiger partial charge in [0.05, 0.1) is 13.1 Å². The fraction of sp³-hybridized carbons (Fsp3) is 0.500. The molecule has 2 rings (SSSR count). The van der Waals surface area contributed by atoms with Gasteiger partial charge in [-0.3, -0.25) is 14.5 Å². The Labute approximate surface area is 167 Å². The molecule has 0 bridgehead atoms. The Hall–Kier alpha value is -3.05. The number of nitrogens with zero attached hydrogens (tertiary/aromatic N) is 3. The summed E-state index contributed by atoms with van der Waals surface area (Å²) in [5, 5.41) is 30.4. The van der Waals surface area contributed by atoms with Gasteiger partial charge in [-0.05, 0) is 12.1 Å². The number of furan rings is 1. The Morgan fingerprint density at radius 1 is 0.897 bits per heavy atom. The first kappa shape index (κ1) is 22.2. The molecule has 0 radical (unpaired) electrons. The molecule has 0 fully saturated rings. The van der Waals surface area contributed by atoms with Gasteiger partial charge in [-0.15, -0.1) is 0 Å². The van der Waals surface area contributed by atoms with E-state index in [1.807, 2.05) is 4.90 Å². The van der Waals surface area contributed by atoms with Crippen LogP contribution in [0.3, 0.4) is 0 Å². The first-order chi connectivity index (χ1) is 13.8. The van der Waals surface area contributed by atoms with Crippen LogP contribution in [-0.4, -0.2) is 100 Å². The predicted molar refractivity (Wildman–Crippen MR) is 101 cm³/mol. The summed E-state index contributed by atoms with van der Waals surface area (Å²) in [5.74, 6) is -2.74. The van der Waals surface area contributed by atoms with Gasteiger partial charge in [0.25, 0.3) is 0 Å². The van der Waals surface area contributed by atoms with Crippen molar-refractivity contribution in [2.75, 3.05) is 52.4 Å². The Kier molecular flexibility index (Phi) is 8.49. The van der Waals surface area contributed by atoms with Gasteiger partial charge in [-0.2, -0.15) is 0 Å². The second kappa shape index (κ2) is 11.1. The SMILES string of the molecule is O=C(O)CN1/C=C\N(Cc2ccc(C(=O)O)o2)CCN(CC(=O)O)CCNCC1. The van der Waals surface area contributed by atoms with Crippen molar-refractivity contribution in [3.8, 4) is 0 Å². The number of nitrogens with one attached hydrogen (secondary N) is 1. The molecular formula is C18H26N4O7. The normalized spacial score (nSPS) is 17.9. The quantitative estimate of drug-likeness (QED) is 0.467. The van der Waals surface area contributed by atoms with Crippen LogP contribution in [0.4, 0.5) is 0 Å². The second-order valence-corrected chi connectivity index (χ2v) is 6.62. The van der Waals surface area contributed by atoms with Crippen LogP contribution in [0.2, 0.25) is 0 Å². The van der Waals surface area contributed by atoms with Crippen LogP contribution in [0.25, 0.3) is 0 Å². The van der Waals surface area contributed by atoms with Crippen molar-refractivity contribution >= 4 is 17.9 Å². The molecule has 0 atom stereocenters. The number of aliphatic carboxylic acids is 2. The number of carboxylic acids is 3. The maximum Gasteiger partial charge on any atom is 0.371 e. The van der Waals surface area contributed by atoms with Crippen molar-refractivity contribution in [2.45, 2.75) is 6.54 Å². The van der Waals surface area contributed by atoms with E-state index in [-0.39, 0.29) is 25.4 Å². The fourth-order valence-corrected chi connectivity index (χ4v) is 2.87. The highest BCUT2D eigenvalue weighted by Crippen LogP contribution is 2.12. The molecule has 0 saturated heterocycles. The average Bonchev–Trinajstić information content (AvgIpc) is 3.09. The molecule has 2 heterocycles. The molecule has 1 aromatic heterocycles. The van der Waals surface area contributed by atoms with E-state index in [4.69, 9.17) is 19.7 Å². The Morgan fingerprint density at radius 2 is 1.59 bits per heavy atom. The van der Waals surface area contributed by atoms with E-state index in [0.29, 0.717) is 45.0 Å². The lowest BCUT2D eigenvalue weighted by Crippen LogP contribution is -2.42. The molecular weight excluding hydrogens is 384 g/mol. The zero-order valence-electron chi connectivity index (χ0n) is 16.0. The third-order valence-corrected chi connectivity index (χ3v) is 4.30. The van der Waals surface area contributed by atoms with E-state index in [1.165, 1.54) is 6.07 Å². The lowest BCUT2D eigenvalue weighted by molar-refractivity contribution is -0.139. The molecule has 0 aromatic carbocycles. The molecule has 0 saturated carbocycles. The standard InChI is InChI=1S/C18H26N4O7/c23-16(24)12-20-5-3-19-4-6-21(13-17(25)26)8-10-22(9-7-20)11-14-1-2-15(29-14)18(27)28/h1-2,7,9,19H,3-6,8,10-13H2,(H,23,24)(H,25,26)(H,27,28)/b9-7-. The molecule has 1 aromatic rings. The van der Waals surface area contributed by atoms with Crippen LogP contribution in [0.5, 0.6) is 0 Å². The van der Waals surface area contributed by atoms with Gasteiger partial charge in [-0.25, -0.2) is 4.79 Å². The molecule has 160 valence electrons. The Bertz CT molecular complexity index is 734. The number of hydrogen-bond donors (Lipinski definition) is 4. The van der Waals surface area contributed by atoms with Crippen molar-refractivity contribution in [3.05, 3.63) is 36.1 Å². The van der Waals surface area contributed by atoms with Gasteiger partial charge in [0.15, 0.2) is 0 Å². The van der Waals surface area contributed by atoms with Crippen LogP contribution in [0, 0.1) is 0 Å². The highest BCUT2D eigenvalue weighted by molar-refractivity contribution is 5.84. The van der Waals surface area contributed by atoms with Gasteiger partial charge in [-0.1, -0.05) is 0 Å². The fourth-order valence-electron chi connectivity index (χ4n) is 2.87. The molecule has 4 N–H and O–H groups in total. The Morgan fingerprint density at radius 3 is 2.24 bits per heavy atom. The van der Waals surface area contributed by atoms with Crippen LogP contribution < -0.4 is 5.32 Å². The molecule has 0 spiro atoms. The van der Waals surface area contributed by atoms with Gasteiger partial charge >= 0.3 is 17.9 Å². The third-order valence-electron chi connectivity index (χ3n) is 4.30. The maximum atomic E-state index is 11.1. The number of aromatic carboxylic acids is 1. The summed E-state index contributed by atoms with van der Waals surface area (Å²) < 4.78 is 5.30. The van der Waals surface area contributed by atoms with E-state index in [9.17, 15) is 14.4 Å². The molecule has 1 aliphatic rings. The number of hydrogen-bond acceptors (Lipinski definition) is 8. The van der Waals surface area contributed by atoms with Gasteiger partial charge in [0, 0.05) is 51.7 Å². The minimum atomic E-state index is -1.16. The monoisotopic (exact) mass is 410 g/mol. The molecule has 0 aliphatic carbocycles. The lowest BCUT2D eigenvalue weighted by Gasteiger charge is -2.28. The number of rotatable bonds is 7. The summed E-state index contributed by atoms with van der Waals surface area (Å²) in [6.45, 7) is 3.08. The number of carbonyl (C=O) groups is 3. The van der Waals surface area contributed by atoms with Crippen molar-refractivity contribution < 1.29 is 34.1 Å². The van der Waals surface area contributed by atoms with Crippen molar-refractivity contribution in [2.24, 2.45) is 0 Å². The summed E-state index contributed by atoms with van der Waals surface area (Å²) in [7, 11) is 0. The van der Waals surface area contributed by atoms with Crippen LogP contribution in [0.15, 0.2) is 28.9 Å². The summed E-state index contributed by atoms with van der Waals surface area (Å²) >= 11 is 0. The van der Waals surface area contributed by atoms with Crippen LogP contribution >= 0.6 is 0 Å². The Balaban J connectivity index is 2.14. The van der Waals surface area contributed by atoms with Crippen LogP contribution in [-0.2, 0) is 16.1 Å². The zero-order valence-corrected chi connectivity index (χ0v) is 16.0. The number of carboxylic acid groups (broad SMARTS) is 3. The maximum absolute atomic E-state index is 11.1. The lowest BCUT2D eigenvalue weighted by atomic mass is 10.3. The topological polar surface area (TPSA) is 147 Å². The first-order valence-corrected chi connectivity index (χ1v) is 9.18. The summed E-state index contributed by atoms with van der Waals surface area (Å²) in [5.41, 5.74) is 0. The zero-order chi connectivity index (χ0) is 21.2. The summed E-state index contributed by atoms with van der Waals surface area (Å²) in [6, 6.07) is 2.94. The van der Waals surface area contributed by atoms with Gasteiger partial charge < -0.3 is 34.9 Å². The van der Waals surface area contributed by atoms with E-state index in [1.54, 1.807) is 28.3 Å². The molecule has 1 aliphatic heterocycles. The molecule has 29 heavy (non-hydrogen) atoms. The third kappa shape index (κ3) is 8.23. The van der Waals surface area contributed by atoms with E-state index < -0.39 is 17.9 Å². The van der Waals surface area contributed by atoms with Gasteiger partial charge in [0.1, 0.15) is 12.3 Å². The highest BCUT2D eigenvalue weighted by Gasteiger charge is 2.15. The molecule has 11 heteroatoms. The van der Waals surface area contributed by atoms with E-state index in [2.05, 4.69) is 5.32 Å². The average molecular weight is 410 g/mol. The predicted octanol–water partition coefficient (Wildman–Crippen LogP) is -0.373. The van der Waals surface area contributed by atoms with Crippen molar-refractivity contribution in [1.82, 2.24) is 20.0 Å². The van der Waals surface area contributed by atoms with Crippen LogP contribution in [0.1, 0.15) is 16.3 Å². The second-order valence-electron chi connectivity index (χ2n) is 6.62. The minimum Gasteiger partial charge on any atom is -0.480 e. The van der Waals surface area contributed by atoms with Crippen molar-refractivity contribution in [3.63, 3.8) is 0 Å².